The highest BCUT2D eigenvalue weighted by Crippen LogP contribution is 2.07. The highest BCUT2D eigenvalue weighted by Gasteiger charge is 2.13. The molecule has 1 amide bonds. The topological polar surface area (TPSA) is 64.4 Å². The molecule has 0 saturated carbocycles. The van der Waals surface area contributed by atoms with Gasteiger partial charge in [-0.3, -0.25) is 4.79 Å². The summed E-state index contributed by atoms with van der Waals surface area (Å²) in [6.45, 7) is 5.69. The minimum absolute atomic E-state index is 0.0225. The Morgan fingerprint density at radius 3 is 2.86 bits per heavy atom. The molecule has 0 bridgehead atoms. The standard InChI is InChI=1S/C9H14N2O3/c1-9(2,3)13-6-8(12)11-7-4-10-14-5-7/h4-5H,6H2,1-3H3,(H,11,12). The van der Waals surface area contributed by atoms with Crippen LogP contribution in [0.25, 0.3) is 0 Å². The number of nitrogens with zero attached hydrogens (tertiary/aromatic N) is 1. The van der Waals surface area contributed by atoms with E-state index in [2.05, 4.69) is 15.0 Å². The van der Waals surface area contributed by atoms with Crippen LogP contribution < -0.4 is 5.32 Å². The first kappa shape index (κ1) is 10.7. The monoisotopic (exact) mass is 198 g/mol. The summed E-state index contributed by atoms with van der Waals surface area (Å²) < 4.78 is 9.83. The molecule has 78 valence electrons. The number of rotatable bonds is 3. The van der Waals surface area contributed by atoms with E-state index in [1.165, 1.54) is 12.5 Å². The number of carbonyl (C=O) groups excluding carboxylic acids is 1. The molecule has 0 aliphatic heterocycles. The average molecular weight is 198 g/mol. The summed E-state index contributed by atoms with van der Waals surface area (Å²) in [6.07, 6.45) is 2.78. The molecule has 1 aromatic rings. The van der Waals surface area contributed by atoms with E-state index in [-0.39, 0.29) is 18.1 Å². The van der Waals surface area contributed by atoms with E-state index in [0.717, 1.165) is 0 Å². The maximum atomic E-state index is 11.3. The first-order chi connectivity index (χ1) is 6.47. The Morgan fingerprint density at radius 2 is 2.36 bits per heavy atom. The summed E-state index contributed by atoms with van der Waals surface area (Å²) in [4.78, 5) is 11.3. The van der Waals surface area contributed by atoms with Crippen molar-refractivity contribution < 1.29 is 14.1 Å². The van der Waals surface area contributed by atoms with Gasteiger partial charge in [0.05, 0.1) is 11.8 Å². The molecule has 14 heavy (non-hydrogen) atoms. The van der Waals surface area contributed by atoms with Crippen molar-refractivity contribution in [1.29, 1.82) is 0 Å². The molecule has 1 heterocycles. The third-order valence-corrected chi connectivity index (χ3v) is 1.35. The highest BCUT2D eigenvalue weighted by molar-refractivity contribution is 5.91. The Hall–Kier alpha value is -1.36. The van der Waals surface area contributed by atoms with E-state index < -0.39 is 0 Å². The lowest BCUT2D eigenvalue weighted by Crippen LogP contribution is -2.26. The van der Waals surface area contributed by atoms with Crippen LogP contribution in [0.2, 0.25) is 0 Å². The van der Waals surface area contributed by atoms with E-state index in [0.29, 0.717) is 5.69 Å². The van der Waals surface area contributed by atoms with Crippen molar-refractivity contribution in [3.8, 4) is 0 Å². The maximum absolute atomic E-state index is 11.3. The third-order valence-electron chi connectivity index (χ3n) is 1.35. The van der Waals surface area contributed by atoms with Crippen LogP contribution in [0.15, 0.2) is 17.0 Å². The van der Waals surface area contributed by atoms with Crippen LogP contribution >= 0.6 is 0 Å². The highest BCUT2D eigenvalue weighted by atomic mass is 16.5. The Kier molecular flexibility index (Phi) is 3.24. The quantitative estimate of drug-likeness (QED) is 0.797. The van der Waals surface area contributed by atoms with E-state index in [1.54, 1.807) is 0 Å². The van der Waals surface area contributed by atoms with Crippen molar-refractivity contribution in [2.45, 2.75) is 26.4 Å². The van der Waals surface area contributed by atoms with Crippen LogP contribution in [-0.4, -0.2) is 23.3 Å². The maximum Gasteiger partial charge on any atom is 0.250 e. The van der Waals surface area contributed by atoms with E-state index in [4.69, 9.17) is 4.74 Å². The van der Waals surface area contributed by atoms with Gasteiger partial charge in [0.2, 0.25) is 0 Å². The molecule has 1 aromatic heterocycles. The number of hydrogen-bond donors (Lipinski definition) is 1. The molecule has 0 aromatic carbocycles. The number of hydrogen-bond acceptors (Lipinski definition) is 4. The van der Waals surface area contributed by atoms with E-state index >= 15 is 0 Å². The molecule has 5 heteroatoms. The predicted octanol–water partition coefficient (Wildman–Crippen LogP) is 1.43. The lowest BCUT2D eigenvalue weighted by Gasteiger charge is -2.18. The average Bonchev–Trinajstić information content (AvgIpc) is 2.52. The lowest BCUT2D eigenvalue weighted by molar-refractivity contribution is -0.125. The normalized spacial score (nSPS) is 11.4. The number of ether oxygens (including phenoxy) is 1. The van der Waals surface area contributed by atoms with Gasteiger partial charge in [-0.2, -0.15) is 0 Å². The zero-order valence-corrected chi connectivity index (χ0v) is 8.53. The molecular formula is C9H14N2O3. The van der Waals surface area contributed by atoms with Gasteiger partial charge in [-0.1, -0.05) is 5.16 Å². The van der Waals surface area contributed by atoms with Crippen molar-refractivity contribution in [2.75, 3.05) is 11.9 Å². The van der Waals surface area contributed by atoms with Gasteiger partial charge < -0.3 is 14.6 Å². The molecule has 1 N–H and O–H groups in total. The van der Waals surface area contributed by atoms with Gasteiger partial charge in [-0.25, -0.2) is 0 Å². The largest absolute Gasteiger partial charge is 0.366 e. The van der Waals surface area contributed by atoms with Crippen molar-refractivity contribution in [2.24, 2.45) is 0 Å². The Balaban J connectivity index is 2.30. The molecule has 0 unspecified atom stereocenters. The second-order valence-corrected chi connectivity index (χ2v) is 3.86. The zero-order valence-electron chi connectivity index (χ0n) is 8.53. The molecule has 0 radical (unpaired) electrons. The summed E-state index contributed by atoms with van der Waals surface area (Å²) in [5, 5.41) is 6.03. The van der Waals surface area contributed by atoms with Gasteiger partial charge >= 0.3 is 0 Å². The number of carbonyl (C=O) groups is 1. The van der Waals surface area contributed by atoms with Gasteiger partial charge in [0.15, 0.2) is 0 Å². The van der Waals surface area contributed by atoms with Crippen LogP contribution in [0.1, 0.15) is 20.8 Å². The van der Waals surface area contributed by atoms with Crippen molar-refractivity contribution in [1.82, 2.24) is 5.16 Å². The summed E-state index contributed by atoms with van der Waals surface area (Å²) in [5.74, 6) is -0.219. The van der Waals surface area contributed by atoms with Crippen LogP contribution in [-0.2, 0) is 9.53 Å². The molecule has 0 atom stereocenters. The smallest absolute Gasteiger partial charge is 0.250 e. The third kappa shape index (κ3) is 4.04. The predicted molar refractivity (Wildman–Crippen MR) is 50.8 cm³/mol. The molecule has 0 fully saturated rings. The van der Waals surface area contributed by atoms with Crippen LogP contribution in [0, 0.1) is 0 Å². The van der Waals surface area contributed by atoms with Gasteiger partial charge in [0.25, 0.3) is 5.91 Å². The fourth-order valence-corrected chi connectivity index (χ4v) is 0.746. The summed E-state index contributed by atoms with van der Waals surface area (Å²) in [7, 11) is 0. The number of amides is 1. The minimum atomic E-state index is -0.314. The summed E-state index contributed by atoms with van der Waals surface area (Å²) >= 11 is 0. The molecule has 0 saturated heterocycles. The van der Waals surface area contributed by atoms with Gasteiger partial charge in [0, 0.05) is 0 Å². The van der Waals surface area contributed by atoms with Gasteiger partial charge in [-0.05, 0) is 20.8 Å². The molecule has 5 nitrogen and oxygen atoms in total. The zero-order chi connectivity index (χ0) is 10.6. The van der Waals surface area contributed by atoms with Gasteiger partial charge in [0.1, 0.15) is 18.6 Å². The first-order valence-electron chi connectivity index (χ1n) is 4.30. The lowest BCUT2D eigenvalue weighted by atomic mass is 10.2. The molecular weight excluding hydrogens is 184 g/mol. The Bertz CT molecular complexity index is 288. The second-order valence-electron chi connectivity index (χ2n) is 3.86. The summed E-state index contributed by atoms with van der Waals surface area (Å²) in [6, 6.07) is 0. The van der Waals surface area contributed by atoms with Crippen molar-refractivity contribution in [3.05, 3.63) is 12.5 Å². The Morgan fingerprint density at radius 1 is 1.64 bits per heavy atom. The number of nitrogens with one attached hydrogen (secondary N) is 1. The fraction of sp³-hybridized carbons (Fsp3) is 0.556. The molecule has 0 spiro atoms. The number of aromatic nitrogens is 1. The first-order valence-corrected chi connectivity index (χ1v) is 4.30. The van der Waals surface area contributed by atoms with Crippen LogP contribution in [0.5, 0.6) is 0 Å². The van der Waals surface area contributed by atoms with E-state index in [9.17, 15) is 4.79 Å². The van der Waals surface area contributed by atoms with Crippen LogP contribution in [0.3, 0.4) is 0 Å². The Labute approximate surface area is 82.4 Å². The fourth-order valence-electron chi connectivity index (χ4n) is 0.746. The van der Waals surface area contributed by atoms with Gasteiger partial charge in [-0.15, -0.1) is 0 Å². The molecule has 0 aliphatic carbocycles. The minimum Gasteiger partial charge on any atom is -0.366 e. The van der Waals surface area contributed by atoms with Crippen molar-refractivity contribution >= 4 is 11.6 Å². The summed E-state index contributed by atoms with van der Waals surface area (Å²) in [5.41, 5.74) is 0.221. The SMILES string of the molecule is CC(C)(C)OCC(=O)Nc1cnoc1. The van der Waals surface area contributed by atoms with Crippen molar-refractivity contribution in [3.63, 3.8) is 0 Å². The van der Waals surface area contributed by atoms with Crippen LogP contribution in [0.4, 0.5) is 5.69 Å². The van der Waals surface area contributed by atoms with E-state index in [1.807, 2.05) is 20.8 Å². The molecule has 0 aliphatic rings. The number of anilines is 1. The molecule has 1 rings (SSSR count). The second kappa shape index (κ2) is 4.23.